The van der Waals surface area contributed by atoms with E-state index in [1.807, 2.05) is 6.26 Å². The molecule has 0 amide bonds. The first kappa shape index (κ1) is 13.6. The molecule has 0 radical (unpaired) electrons. The Hall–Kier alpha value is -1.43. The van der Waals surface area contributed by atoms with Crippen LogP contribution in [0.5, 0.6) is 0 Å². The number of carboxylic acid groups (broad SMARTS) is 1. The molecule has 0 spiro atoms. The zero-order chi connectivity index (χ0) is 12.8. The van der Waals surface area contributed by atoms with Gasteiger partial charge >= 0.3 is 5.97 Å². The summed E-state index contributed by atoms with van der Waals surface area (Å²) in [6.45, 7) is 2.08. The largest absolute Gasteiger partial charge is 0.478 e. The van der Waals surface area contributed by atoms with Crippen molar-refractivity contribution in [2.45, 2.75) is 19.4 Å². The summed E-state index contributed by atoms with van der Waals surface area (Å²) in [5.41, 5.74) is 6.23. The van der Waals surface area contributed by atoms with Crippen LogP contribution in [-0.2, 0) is 0 Å². The number of pyridine rings is 1. The quantitative estimate of drug-likeness (QED) is 0.719. The average molecular weight is 255 g/mol. The smallest absolute Gasteiger partial charge is 0.337 e. The van der Waals surface area contributed by atoms with E-state index < -0.39 is 5.97 Å². The summed E-state index contributed by atoms with van der Waals surface area (Å²) < 4.78 is 0. The van der Waals surface area contributed by atoms with E-state index in [1.165, 1.54) is 12.3 Å². The van der Waals surface area contributed by atoms with Crippen molar-refractivity contribution in [2.24, 2.45) is 0 Å². The van der Waals surface area contributed by atoms with Gasteiger partial charge in [0.05, 0.1) is 11.3 Å². The Morgan fingerprint density at radius 2 is 2.41 bits per heavy atom. The molecular weight excluding hydrogens is 238 g/mol. The van der Waals surface area contributed by atoms with Crippen molar-refractivity contribution in [3.63, 3.8) is 0 Å². The van der Waals surface area contributed by atoms with Gasteiger partial charge in [-0.2, -0.15) is 11.8 Å². The predicted molar refractivity (Wildman–Crippen MR) is 71.7 cm³/mol. The lowest BCUT2D eigenvalue weighted by Gasteiger charge is -2.17. The highest BCUT2D eigenvalue weighted by Gasteiger charge is 2.11. The number of nitrogens with one attached hydrogen (secondary N) is 1. The van der Waals surface area contributed by atoms with Gasteiger partial charge in [0.15, 0.2) is 0 Å². The number of carbonyl (C=O) groups is 1. The topological polar surface area (TPSA) is 88.2 Å². The van der Waals surface area contributed by atoms with E-state index in [0.29, 0.717) is 11.5 Å². The van der Waals surface area contributed by atoms with E-state index >= 15 is 0 Å². The molecule has 17 heavy (non-hydrogen) atoms. The number of thioether (sulfide) groups is 1. The molecule has 1 heterocycles. The van der Waals surface area contributed by atoms with Crippen LogP contribution in [0.25, 0.3) is 0 Å². The number of nitrogens with zero attached hydrogens (tertiary/aromatic N) is 1. The fourth-order valence-electron chi connectivity index (χ4n) is 1.38. The van der Waals surface area contributed by atoms with E-state index in [-0.39, 0.29) is 11.6 Å². The zero-order valence-corrected chi connectivity index (χ0v) is 10.8. The Morgan fingerprint density at radius 1 is 1.71 bits per heavy atom. The fourth-order valence-corrected chi connectivity index (χ4v) is 2.10. The van der Waals surface area contributed by atoms with Crippen LogP contribution in [0.15, 0.2) is 12.3 Å². The minimum atomic E-state index is -1.02. The number of hydrogen-bond acceptors (Lipinski definition) is 5. The molecule has 0 aliphatic carbocycles. The molecule has 1 aromatic heterocycles. The van der Waals surface area contributed by atoms with E-state index in [4.69, 9.17) is 10.8 Å². The first-order valence-corrected chi connectivity index (χ1v) is 6.72. The lowest BCUT2D eigenvalue weighted by molar-refractivity contribution is 0.0696. The van der Waals surface area contributed by atoms with Gasteiger partial charge in [0.1, 0.15) is 5.82 Å². The van der Waals surface area contributed by atoms with Crippen LogP contribution in [0.2, 0.25) is 0 Å². The van der Waals surface area contributed by atoms with E-state index in [1.54, 1.807) is 11.8 Å². The monoisotopic (exact) mass is 255 g/mol. The molecule has 0 aliphatic rings. The summed E-state index contributed by atoms with van der Waals surface area (Å²) in [5.74, 6) is 0.487. The summed E-state index contributed by atoms with van der Waals surface area (Å²) in [4.78, 5) is 14.8. The molecule has 1 unspecified atom stereocenters. The van der Waals surface area contributed by atoms with Crippen molar-refractivity contribution in [3.8, 4) is 0 Å². The van der Waals surface area contributed by atoms with Gasteiger partial charge in [-0.05, 0) is 18.7 Å². The molecule has 1 rings (SSSR count). The molecule has 1 aromatic rings. The third kappa shape index (κ3) is 3.81. The van der Waals surface area contributed by atoms with Crippen molar-refractivity contribution in [1.82, 2.24) is 4.98 Å². The summed E-state index contributed by atoms with van der Waals surface area (Å²) in [6, 6.07) is 1.71. The van der Waals surface area contributed by atoms with Crippen molar-refractivity contribution >= 4 is 29.2 Å². The van der Waals surface area contributed by atoms with E-state index in [0.717, 1.165) is 12.2 Å². The Bertz CT molecular complexity index is 398. The number of anilines is 2. The molecule has 0 aliphatic heterocycles. The maximum atomic E-state index is 10.7. The van der Waals surface area contributed by atoms with Crippen LogP contribution < -0.4 is 11.1 Å². The molecule has 0 saturated heterocycles. The summed E-state index contributed by atoms with van der Waals surface area (Å²) >= 11 is 1.74. The standard InChI is InChI=1S/C11H17N3O2S/c1-3-8(6-17-2)14-10-9(12)4-7(5-13-10)11(15)16/h4-5,8H,3,6,12H2,1-2H3,(H,13,14)(H,15,16). The maximum Gasteiger partial charge on any atom is 0.337 e. The highest BCUT2D eigenvalue weighted by Crippen LogP contribution is 2.19. The number of aromatic carboxylic acids is 1. The second-order valence-corrected chi connectivity index (χ2v) is 4.58. The predicted octanol–water partition coefficient (Wildman–Crippen LogP) is 1.92. The van der Waals surface area contributed by atoms with Crippen LogP contribution in [0, 0.1) is 0 Å². The number of rotatable bonds is 6. The highest BCUT2D eigenvalue weighted by atomic mass is 32.2. The SMILES string of the molecule is CCC(CSC)Nc1ncc(C(=O)O)cc1N. The van der Waals surface area contributed by atoms with Crippen molar-refractivity contribution < 1.29 is 9.90 Å². The zero-order valence-electron chi connectivity index (χ0n) is 9.93. The van der Waals surface area contributed by atoms with Crippen molar-refractivity contribution in [3.05, 3.63) is 17.8 Å². The molecule has 4 N–H and O–H groups in total. The van der Waals surface area contributed by atoms with Gasteiger partial charge in [0.25, 0.3) is 0 Å². The number of aromatic nitrogens is 1. The molecule has 5 nitrogen and oxygen atoms in total. The Morgan fingerprint density at radius 3 is 2.88 bits per heavy atom. The highest BCUT2D eigenvalue weighted by molar-refractivity contribution is 7.98. The average Bonchev–Trinajstić information content (AvgIpc) is 2.30. The minimum Gasteiger partial charge on any atom is -0.478 e. The van der Waals surface area contributed by atoms with Crippen LogP contribution in [-0.4, -0.2) is 34.1 Å². The number of carboxylic acids is 1. The Labute approximate surface area is 105 Å². The van der Waals surface area contributed by atoms with E-state index in [2.05, 4.69) is 17.2 Å². The van der Waals surface area contributed by atoms with Gasteiger partial charge in [-0.25, -0.2) is 9.78 Å². The number of hydrogen-bond donors (Lipinski definition) is 3. The van der Waals surface area contributed by atoms with Gasteiger partial charge in [-0.15, -0.1) is 0 Å². The van der Waals surface area contributed by atoms with Crippen LogP contribution >= 0.6 is 11.8 Å². The molecule has 0 fully saturated rings. The molecule has 94 valence electrons. The normalized spacial score (nSPS) is 12.1. The van der Waals surface area contributed by atoms with Crippen LogP contribution in [0.1, 0.15) is 23.7 Å². The molecule has 6 heteroatoms. The molecular formula is C11H17N3O2S. The lowest BCUT2D eigenvalue weighted by Crippen LogP contribution is -2.22. The van der Waals surface area contributed by atoms with Crippen LogP contribution in [0.4, 0.5) is 11.5 Å². The van der Waals surface area contributed by atoms with Crippen molar-refractivity contribution in [2.75, 3.05) is 23.1 Å². The van der Waals surface area contributed by atoms with Crippen molar-refractivity contribution in [1.29, 1.82) is 0 Å². The Kier molecular flexibility index (Phi) is 5.09. The second kappa shape index (κ2) is 6.34. The molecule has 0 bridgehead atoms. The first-order valence-electron chi connectivity index (χ1n) is 5.32. The summed E-state index contributed by atoms with van der Waals surface area (Å²) in [7, 11) is 0. The van der Waals surface area contributed by atoms with E-state index in [9.17, 15) is 4.79 Å². The number of nitrogens with two attached hydrogens (primary N) is 1. The van der Waals surface area contributed by atoms with Gasteiger partial charge in [-0.1, -0.05) is 6.92 Å². The molecule has 0 aromatic carbocycles. The third-order valence-corrected chi connectivity index (χ3v) is 3.10. The fraction of sp³-hybridized carbons (Fsp3) is 0.455. The maximum absolute atomic E-state index is 10.7. The van der Waals surface area contributed by atoms with Gasteiger partial charge in [-0.3, -0.25) is 0 Å². The third-order valence-electron chi connectivity index (χ3n) is 2.37. The van der Waals surface area contributed by atoms with Gasteiger partial charge < -0.3 is 16.2 Å². The van der Waals surface area contributed by atoms with Gasteiger partial charge in [0.2, 0.25) is 0 Å². The first-order chi connectivity index (χ1) is 8.08. The number of nitrogen functional groups attached to an aromatic ring is 1. The lowest BCUT2D eigenvalue weighted by atomic mass is 10.2. The summed E-state index contributed by atoms with van der Waals surface area (Å²) in [6.07, 6.45) is 4.31. The summed E-state index contributed by atoms with van der Waals surface area (Å²) in [5, 5.41) is 12.0. The van der Waals surface area contributed by atoms with Crippen LogP contribution in [0.3, 0.4) is 0 Å². The minimum absolute atomic E-state index is 0.103. The Balaban J connectivity index is 2.81. The molecule has 0 saturated carbocycles. The molecule has 1 atom stereocenters. The van der Waals surface area contributed by atoms with Gasteiger partial charge in [0, 0.05) is 18.0 Å². The second-order valence-electron chi connectivity index (χ2n) is 3.67.